The number of benzene rings is 1. The molecule has 0 saturated heterocycles. The van der Waals surface area contributed by atoms with Crippen LogP contribution in [0.15, 0.2) is 18.2 Å². The molecular formula is C17H25NO3. The minimum absolute atomic E-state index is 0.0461. The molecule has 0 unspecified atom stereocenters. The van der Waals surface area contributed by atoms with Crippen LogP contribution >= 0.6 is 0 Å². The minimum atomic E-state index is -0.631. The van der Waals surface area contributed by atoms with Crippen molar-refractivity contribution in [1.82, 2.24) is 0 Å². The van der Waals surface area contributed by atoms with Gasteiger partial charge in [-0.15, -0.1) is 0 Å². The first-order valence-electron chi connectivity index (χ1n) is 7.32. The summed E-state index contributed by atoms with van der Waals surface area (Å²) in [6.07, 6.45) is 1.24. The number of ether oxygens (including phenoxy) is 2. The summed E-state index contributed by atoms with van der Waals surface area (Å²) in [5.74, 6) is 0.596. The number of aryl methyl sites for hydroxylation is 1. The molecule has 0 aliphatic heterocycles. The molecule has 0 radical (unpaired) electrons. The number of esters is 1. The van der Waals surface area contributed by atoms with Crippen molar-refractivity contribution in [3.63, 3.8) is 0 Å². The molecule has 2 rings (SSSR count). The van der Waals surface area contributed by atoms with Crippen molar-refractivity contribution in [2.45, 2.75) is 57.6 Å². The molecule has 21 heavy (non-hydrogen) atoms. The van der Waals surface area contributed by atoms with Crippen LogP contribution in [0.4, 0.5) is 0 Å². The van der Waals surface area contributed by atoms with E-state index in [1.807, 2.05) is 45.9 Å². The lowest BCUT2D eigenvalue weighted by Gasteiger charge is -2.45. The Labute approximate surface area is 126 Å². The van der Waals surface area contributed by atoms with Crippen LogP contribution in [-0.4, -0.2) is 24.7 Å². The predicted molar refractivity (Wildman–Crippen MR) is 82.5 cm³/mol. The highest BCUT2D eigenvalue weighted by molar-refractivity contribution is 5.85. The first-order chi connectivity index (χ1) is 9.68. The lowest BCUT2D eigenvalue weighted by molar-refractivity contribution is -0.166. The van der Waals surface area contributed by atoms with Gasteiger partial charge in [0.1, 0.15) is 11.4 Å². The fraction of sp³-hybridized carbons (Fsp3) is 0.588. The fourth-order valence-corrected chi connectivity index (χ4v) is 2.85. The molecule has 1 aliphatic rings. The fourth-order valence-electron chi connectivity index (χ4n) is 2.85. The van der Waals surface area contributed by atoms with Crippen molar-refractivity contribution in [2.75, 3.05) is 7.11 Å². The van der Waals surface area contributed by atoms with E-state index in [4.69, 9.17) is 15.2 Å². The maximum Gasteiger partial charge on any atom is 0.317 e. The Balaban J connectivity index is 2.37. The zero-order valence-corrected chi connectivity index (χ0v) is 13.5. The second-order valence-electron chi connectivity index (χ2n) is 6.94. The molecule has 4 heteroatoms. The third-order valence-corrected chi connectivity index (χ3v) is 3.97. The van der Waals surface area contributed by atoms with Crippen molar-refractivity contribution in [1.29, 1.82) is 0 Å². The highest BCUT2D eigenvalue weighted by atomic mass is 16.6. The molecule has 0 aromatic heterocycles. The average Bonchev–Trinajstić information content (AvgIpc) is 2.33. The van der Waals surface area contributed by atoms with Crippen LogP contribution in [0, 0.1) is 6.92 Å². The molecule has 0 heterocycles. The number of nitrogens with two attached hydrogens (primary N) is 1. The number of carbonyl (C=O) groups excluding carboxylic acids is 1. The van der Waals surface area contributed by atoms with Gasteiger partial charge in [-0.25, -0.2) is 0 Å². The molecule has 1 saturated carbocycles. The smallest absolute Gasteiger partial charge is 0.317 e. The Kier molecular flexibility index (Phi) is 4.02. The highest BCUT2D eigenvalue weighted by Crippen LogP contribution is 2.46. The van der Waals surface area contributed by atoms with Crippen molar-refractivity contribution in [3.8, 4) is 5.75 Å². The Bertz CT molecular complexity index is 539. The largest absolute Gasteiger partial charge is 0.496 e. The summed E-state index contributed by atoms with van der Waals surface area (Å²) in [7, 11) is 1.64. The summed E-state index contributed by atoms with van der Waals surface area (Å²) in [4.78, 5) is 12.7. The van der Waals surface area contributed by atoms with E-state index in [2.05, 4.69) is 0 Å². The van der Waals surface area contributed by atoms with Gasteiger partial charge in [-0.3, -0.25) is 4.79 Å². The van der Waals surface area contributed by atoms with Gasteiger partial charge < -0.3 is 15.2 Å². The van der Waals surface area contributed by atoms with E-state index in [-0.39, 0.29) is 12.0 Å². The van der Waals surface area contributed by atoms with Gasteiger partial charge in [0.15, 0.2) is 0 Å². The van der Waals surface area contributed by atoms with Gasteiger partial charge in [0, 0.05) is 6.04 Å². The van der Waals surface area contributed by atoms with Crippen LogP contribution in [0.5, 0.6) is 5.75 Å². The topological polar surface area (TPSA) is 61.5 Å². The van der Waals surface area contributed by atoms with Gasteiger partial charge in [-0.1, -0.05) is 12.1 Å². The first kappa shape index (κ1) is 15.8. The van der Waals surface area contributed by atoms with Crippen LogP contribution in [-0.2, 0) is 14.9 Å². The molecule has 0 amide bonds. The van der Waals surface area contributed by atoms with Gasteiger partial charge in [0.2, 0.25) is 0 Å². The lowest BCUT2D eigenvalue weighted by atomic mass is 9.61. The van der Waals surface area contributed by atoms with E-state index in [0.717, 1.165) is 16.9 Å². The van der Waals surface area contributed by atoms with Crippen LogP contribution in [0.25, 0.3) is 0 Å². The van der Waals surface area contributed by atoms with Gasteiger partial charge in [-0.05, 0) is 57.7 Å². The summed E-state index contributed by atoms with van der Waals surface area (Å²) in [6.45, 7) is 7.63. The Morgan fingerprint density at radius 3 is 2.43 bits per heavy atom. The maximum absolute atomic E-state index is 12.7. The minimum Gasteiger partial charge on any atom is -0.496 e. The van der Waals surface area contributed by atoms with Crippen molar-refractivity contribution >= 4 is 5.97 Å². The van der Waals surface area contributed by atoms with Gasteiger partial charge >= 0.3 is 5.97 Å². The van der Waals surface area contributed by atoms with E-state index in [1.54, 1.807) is 7.11 Å². The second-order valence-corrected chi connectivity index (χ2v) is 6.94. The molecule has 2 N–H and O–H groups in total. The molecular weight excluding hydrogens is 266 g/mol. The molecule has 0 spiro atoms. The summed E-state index contributed by atoms with van der Waals surface area (Å²) in [6, 6.07) is 5.94. The molecule has 4 nitrogen and oxygen atoms in total. The van der Waals surface area contributed by atoms with Crippen LogP contribution < -0.4 is 10.5 Å². The Hall–Kier alpha value is -1.55. The lowest BCUT2D eigenvalue weighted by Crippen LogP contribution is -2.55. The van der Waals surface area contributed by atoms with Gasteiger partial charge in [0.25, 0.3) is 0 Å². The second kappa shape index (κ2) is 5.34. The van der Waals surface area contributed by atoms with Crippen LogP contribution in [0.1, 0.15) is 44.7 Å². The summed E-state index contributed by atoms with van der Waals surface area (Å²) in [5, 5.41) is 0. The molecule has 1 aromatic carbocycles. The van der Waals surface area contributed by atoms with Crippen molar-refractivity contribution in [3.05, 3.63) is 29.3 Å². The standard InChI is InChI=1S/C17H25NO3/c1-11-6-7-12(8-14(11)20-5)17(9-13(18)10-17)15(19)21-16(2,3)4/h6-8,13H,9-10,18H2,1-5H3. The predicted octanol–water partition coefficient (Wildman–Crippen LogP) is 2.70. The van der Waals surface area contributed by atoms with E-state index in [9.17, 15) is 4.79 Å². The monoisotopic (exact) mass is 291 g/mol. The molecule has 116 valence electrons. The number of carbonyl (C=O) groups is 1. The first-order valence-corrected chi connectivity index (χ1v) is 7.32. The summed E-state index contributed by atoms with van der Waals surface area (Å²) in [5.41, 5.74) is 6.80. The molecule has 0 bridgehead atoms. The molecule has 0 atom stereocenters. The van der Waals surface area contributed by atoms with Gasteiger partial charge in [-0.2, -0.15) is 0 Å². The number of hydrogen-bond donors (Lipinski definition) is 1. The Morgan fingerprint density at radius 1 is 1.33 bits per heavy atom. The number of rotatable bonds is 3. The zero-order valence-electron chi connectivity index (χ0n) is 13.5. The van der Waals surface area contributed by atoms with Crippen molar-refractivity contribution in [2.24, 2.45) is 5.73 Å². The van der Waals surface area contributed by atoms with E-state index in [1.165, 1.54) is 0 Å². The van der Waals surface area contributed by atoms with Gasteiger partial charge in [0.05, 0.1) is 12.5 Å². The zero-order chi connectivity index (χ0) is 15.8. The van der Waals surface area contributed by atoms with E-state index >= 15 is 0 Å². The van der Waals surface area contributed by atoms with E-state index < -0.39 is 11.0 Å². The van der Waals surface area contributed by atoms with Crippen LogP contribution in [0.3, 0.4) is 0 Å². The van der Waals surface area contributed by atoms with Crippen molar-refractivity contribution < 1.29 is 14.3 Å². The number of methoxy groups -OCH3 is 1. The van der Waals surface area contributed by atoms with Crippen LogP contribution in [0.2, 0.25) is 0 Å². The SMILES string of the molecule is COc1cc(C2(C(=O)OC(C)(C)C)CC(N)C2)ccc1C. The summed E-state index contributed by atoms with van der Waals surface area (Å²) >= 11 is 0. The third kappa shape index (κ3) is 3.05. The highest BCUT2D eigenvalue weighted by Gasteiger charge is 2.52. The normalized spacial score (nSPS) is 25.1. The molecule has 1 aliphatic carbocycles. The summed E-state index contributed by atoms with van der Waals surface area (Å²) < 4.78 is 11.0. The number of hydrogen-bond acceptors (Lipinski definition) is 4. The van der Waals surface area contributed by atoms with E-state index in [0.29, 0.717) is 12.8 Å². The quantitative estimate of drug-likeness (QED) is 0.870. The molecule has 1 aromatic rings. The average molecular weight is 291 g/mol. The maximum atomic E-state index is 12.7. The Morgan fingerprint density at radius 2 is 1.95 bits per heavy atom. The molecule has 1 fully saturated rings. The third-order valence-electron chi connectivity index (χ3n) is 3.97.